The predicted molar refractivity (Wildman–Crippen MR) is 91.6 cm³/mol. The van der Waals surface area contributed by atoms with Gasteiger partial charge in [-0.2, -0.15) is 0 Å². The summed E-state index contributed by atoms with van der Waals surface area (Å²) in [6.07, 6.45) is 5.67. The fourth-order valence-electron chi connectivity index (χ4n) is 1.83. The Kier molecular flexibility index (Phi) is 5.23. The van der Waals surface area contributed by atoms with E-state index in [0.29, 0.717) is 5.75 Å². The normalized spacial score (nSPS) is 13.9. The van der Waals surface area contributed by atoms with E-state index in [2.05, 4.69) is 12.0 Å². The minimum absolute atomic E-state index is 0.574. The van der Waals surface area contributed by atoms with Gasteiger partial charge in [-0.05, 0) is 43.5 Å². The van der Waals surface area contributed by atoms with Crippen molar-refractivity contribution in [3.8, 4) is 17.8 Å². The fraction of sp³-hybridized carbons (Fsp3) is 0.200. The van der Waals surface area contributed by atoms with Gasteiger partial charge in [-0.3, -0.25) is 0 Å². The van der Waals surface area contributed by atoms with Gasteiger partial charge in [0.25, 0.3) is 0 Å². The van der Waals surface area contributed by atoms with Crippen LogP contribution in [0.15, 0.2) is 66.7 Å². The molecule has 1 atom stereocenters. The van der Waals surface area contributed by atoms with Crippen LogP contribution in [-0.2, 0) is 0 Å². The highest BCUT2D eigenvalue weighted by atomic mass is 16.5. The molecule has 0 fully saturated rings. The van der Waals surface area contributed by atoms with E-state index in [1.807, 2.05) is 48.5 Å². The van der Waals surface area contributed by atoms with E-state index < -0.39 is 11.2 Å². The monoisotopic (exact) mass is 308 g/mol. The number of ether oxygens (including phenoxy) is 1. The van der Waals surface area contributed by atoms with E-state index in [0.717, 1.165) is 5.56 Å². The van der Waals surface area contributed by atoms with Crippen molar-refractivity contribution in [2.75, 3.05) is 0 Å². The van der Waals surface area contributed by atoms with Gasteiger partial charge in [-0.25, -0.2) is 0 Å². The summed E-state index contributed by atoms with van der Waals surface area (Å²) in [6, 6.07) is 18.5. The zero-order valence-electron chi connectivity index (χ0n) is 13.2. The van der Waals surface area contributed by atoms with E-state index in [1.54, 1.807) is 18.2 Å². The summed E-state index contributed by atoms with van der Waals surface area (Å²) in [5.41, 5.74) is -2.29. The molecule has 0 aliphatic rings. The standard InChI is InChI=1S/C20H20O3/c1-19(2,21)20(22,14-13-17-9-5-3-6-10-17)15-16-23-18-11-7-4-8-12-18/h3-14,21-22H,1-2H3/b14-13+. The zero-order chi connectivity index (χ0) is 16.8. The summed E-state index contributed by atoms with van der Waals surface area (Å²) < 4.78 is 5.28. The van der Waals surface area contributed by atoms with Crippen LogP contribution in [0.3, 0.4) is 0 Å². The summed E-state index contributed by atoms with van der Waals surface area (Å²) in [4.78, 5) is 0. The van der Waals surface area contributed by atoms with E-state index in [4.69, 9.17) is 4.74 Å². The third kappa shape index (κ3) is 4.72. The van der Waals surface area contributed by atoms with Crippen molar-refractivity contribution in [3.05, 3.63) is 72.3 Å². The molecule has 0 aromatic heterocycles. The molecule has 2 N–H and O–H groups in total. The van der Waals surface area contributed by atoms with Crippen molar-refractivity contribution >= 4 is 6.08 Å². The lowest BCUT2D eigenvalue weighted by atomic mass is 9.86. The number of rotatable bonds is 4. The molecule has 0 saturated carbocycles. The van der Waals surface area contributed by atoms with Crippen LogP contribution in [0.4, 0.5) is 0 Å². The Morgan fingerprint density at radius 3 is 2.04 bits per heavy atom. The van der Waals surface area contributed by atoms with E-state index >= 15 is 0 Å². The van der Waals surface area contributed by atoms with Gasteiger partial charge in [0.15, 0.2) is 5.60 Å². The summed E-state index contributed by atoms with van der Waals surface area (Å²) >= 11 is 0. The lowest BCUT2D eigenvalue weighted by Crippen LogP contribution is -2.47. The maximum Gasteiger partial charge on any atom is 0.176 e. The molecule has 0 aliphatic heterocycles. The van der Waals surface area contributed by atoms with Crippen LogP contribution in [-0.4, -0.2) is 21.4 Å². The molecule has 0 bridgehead atoms. The maximum absolute atomic E-state index is 10.7. The number of benzene rings is 2. The third-order valence-corrected chi connectivity index (χ3v) is 3.40. The molecule has 3 nitrogen and oxygen atoms in total. The van der Waals surface area contributed by atoms with Gasteiger partial charge in [0.2, 0.25) is 0 Å². The molecule has 0 aliphatic carbocycles. The van der Waals surface area contributed by atoms with Crippen LogP contribution in [0.5, 0.6) is 5.75 Å². The number of hydrogen-bond acceptors (Lipinski definition) is 3. The van der Waals surface area contributed by atoms with Gasteiger partial charge in [0.05, 0.1) is 0 Å². The zero-order valence-corrected chi connectivity index (χ0v) is 13.2. The molecule has 23 heavy (non-hydrogen) atoms. The smallest absolute Gasteiger partial charge is 0.176 e. The first-order valence-electron chi connectivity index (χ1n) is 7.34. The van der Waals surface area contributed by atoms with Gasteiger partial charge in [-0.1, -0.05) is 54.6 Å². The molecule has 0 heterocycles. The first-order valence-corrected chi connectivity index (χ1v) is 7.34. The molecule has 1 unspecified atom stereocenters. The Morgan fingerprint density at radius 1 is 0.913 bits per heavy atom. The first-order chi connectivity index (χ1) is 10.9. The summed E-state index contributed by atoms with van der Waals surface area (Å²) in [5.74, 6) is 3.18. The van der Waals surface area contributed by atoms with Crippen LogP contribution in [0.1, 0.15) is 19.4 Å². The Morgan fingerprint density at radius 2 is 1.48 bits per heavy atom. The Balaban J connectivity index is 2.21. The van der Waals surface area contributed by atoms with Crippen molar-refractivity contribution in [2.45, 2.75) is 25.0 Å². The highest BCUT2D eigenvalue weighted by Gasteiger charge is 2.38. The van der Waals surface area contributed by atoms with Gasteiger partial charge in [0.1, 0.15) is 17.5 Å². The molecule has 2 rings (SSSR count). The number of hydrogen-bond donors (Lipinski definition) is 2. The van der Waals surface area contributed by atoms with Crippen molar-refractivity contribution in [1.29, 1.82) is 0 Å². The molecule has 3 heteroatoms. The average Bonchev–Trinajstić information content (AvgIpc) is 2.54. The van der Waals surface area contributed by atoms with Crippen LogP contribution in [0.25, 0.3) is 6.08 Å². The molecule has 118 valence electrons. The van der Waals surface area contributed by atoms with Crippen molar-refractivity contribution in [2.24, 2.45) is 0 Å². The molecule has 0 radical (unpaired) electrons. The molecule has 0 amide bonds. The van der Waals surface area contributed by atoms with Crippen molar-refractivity contribution < 1.29 is 14.9 Å². The minimum atomic E-state index is -1.74. The van der Waals surface area contributed by atoms with Gasteiger partial charge in [0, 0.05) is 0 Å². The van der Waals surface area contributed by atoms with Crippen LogP contribution in [0.2, 0.25) is 0 Å². The predicted octanol–water partition coefficient (Wildman–Crippen LogP) is 3.24. The second kappa shape index (κ2) is 7.15. The summed E-state index contributed by atoms with van der Waals surface area (Å²) in [7, 11) is 0. The van der Waals surface area contributed by atoms with E-state index in [1.165, 1.54) is 19.9 Å². The molecular formula is C20H20O3. The number of para-hydroxylation sites is 1. The Labute approximate surface area is 136 Å². The average molecular weight is 308 g/mol. The molecule has 0 saturated heterocycles. The fourth-order valence-corrected chi connectivity index (χ4v) is 1.83. The lowest BCUT2D eigenvalue weighted by molar-refractivity contribution is -0.0641. The van der Waals surface area contributed by atoms with Crippen LogP contribution >= 0.6 is 0 Å². The maximum atomic E-state index is 10.7. The minimum Gasteiger partial charge on any atom is -0.407 e. The second-order valence-electron chi connectivity index (χ2n) is 5.71. The summed E-state index contributed by atoms with van der Waals surface area (Å²) in [5, 5.41) is 20.9. The SMILES string of the molecule is CC(C)(O)C(O)(C#COc1ccccc1)/C=C/c1ccccc1. The molecule has 0 spiro atoms. The van der Waals surface area contributed by atoms with Gasteiger partial charge in [-0.15, -0.1) is 0 Å². The van der Waals surface area contributed by atoms with Crippen LogP contribution < -0.4 is 4.74 Å². The van der Waals surface area contributed by atoms with E-state index in [9.17, 15) is 10.2 Å². The Hall–Kier alpha value is -2.54. The molecule has 2 aromatic rings. The third-order valence-electron chi connectivity index (χ3n) is 3.40. The topological polar surface area (TPSA) is 49.7 Å². The highest BCUT2D eigenvalue weighted by molar-refractivity contribution is 5.52. The first kappa shape index (κ1) is 16.8. The molecule has 2 aromatic carbocycles. The largest absolute Gasteiger partial charge is 0.407 e. The molecular weight excluding hydrogens is 288 g/mol. The van der Waals surface area contributed by atoms with Crippen LogP contribution in [0, 0.1) is 12.0 Å². The van der Waals surface area contributed by atoms with Gasteiger partial charge < -0.3 is 14.9 Å². The summed E-state index contributed by atoms with van der Waals surface area (Å²) in [6.45, 7) is 3.00. The highest BCUT2D eigenvalue weighted by Crippen LogP contribution is 2.24. The second-order valence-corrected chi connectivity index (χ2v) is 5.71. The lowest BCUT2D eigenvalue weighted by Gasteiger charge is -2.31. The van der Waals surface area contributed by atoms with Gasteiger partial charge >= 0.3 is 0 Å². The van der Waals surface area contributed by atoms with E-state index in [-0.39, 0.29) is 0 Å². The quantitative estimate of drug-likeness (QED) is 0.853. The van der Waals surface area contributed by atoms with Crippen molar-refractivity contribution in [1.82, 2.24) is 0 Å². The van der Waals surface area contributed by atoms with Crippen molar-refractivity contribution in [3.63, 3.8) is 0 Å². The Bertz CT molecular complexity index is 703. The number of aliphatic hydroxyl groups is 2.